The van der Waals surface area contributed by atoms with Gasteiger partial charge in [-0.1, -0.05) is 0 Å². The number of hydrogen-bond acceptors (Lipinski definition) is 5. The molecule has 16 heavy (non-hydrogen) atoms. The first-order valence-electron chi connectivity index (χ1n) is 5.19. The number of amides is 1. The number of ether oxygens (including phenoxy) is 1. The van der Waals surface area contributed by atoms with Crippen molar-refractivity contribution in [3.05, 3.63) is 17.6 Å². The lowest BCUT2D eigenvalue weighted by Crippen LogP contribution is -2.18. The average molecular weight is 222 g/mol. The van der Waals surface area contributed by atoms with Crippen LogP contribution < -0.4 is 11.5 Å². The average Bonchev–Trinajstić information content (AvgIpc) is 2.70. The van der Waals surface area contributed by atoms with Crippen LogP contribution in [0.3, 0.4) is 0 Å². The number of anilines is 1. The molecule has 0 bridgehead atoms. The van der Waals surface area contributed by atoms with Gasteiger partial charge >= 0.3 is 0 Å². The van der Waals surface area contributed by atoms with Crippen LogP contribution in [0.2, 0.25) is 0 Å². The first-order chi connectivity index (χ1) is 7.66. The summed E-state index contributed by atoms with van der Waals surface area (Å²) in [5.74, 6) is 0.117. The zero-order chi connectivity index (χ0) is 11.5. The predicted molar refractivity (Wildman–Crippen MR) is 57.6 cm³/mol. The molecule has 1 fully saturated rings. The number of aromatic nitrogens is 2. The Labute approximate surface area is 93.0 Å². The number of carbonyl (C=O) groups excluding carboxylic acids is 1. The maximum absolute atomic E-state index is 10.9. The fourth-order valence-corrected chi connectivity index (χ4v) is 1.73. The van der Waals surface area contributed by atoms with Gasteiger partial charge in [0.25, 0.3) is 5.91 Å². The van der Waals surface area contributed by atoms with E-state index in [1.165, 1.54) is 6.20 Å². The van der Waals surface area contributed by atoms with Gasteiger partial charge in [-0.05, 0) is 12.8 Å². The zero-order valence-electron chi connectivity index (χ0n) is 8.85. The van der Waals surface area contributed by atoms with Crippen molar-refractivity contribution in [2.24, 2.45) is 5.73 Å². The molecular formula is C10H14N4O2. The molecule has 1 aromatic rings. The summed E-state index contributed by atoms with van der Waals surface area (Å²) in [6, 6.07) is 0. The van der Waals surface area contributed by atoms with E-state index in [-0.39, 0.29) is 17.5 Å². The summed E-state index contributed by atoms with van der Waals surface area (Å²) in [4.78, 5) is 19.0. The number of primary amides is 1. The second kappa shape index (κ2) is 4.44. The summed E-state index contributed by atoms with van der Waals surface area (Å²) in [6.07, 6.45) is 4.25. The van der Waals surface area contributed by atoms with Gasteiger partial charge in [0, 0.05) is 19.2 Å². The van der Waals surface area contributed by atoms with E-state index in [9.17, 15) is 4.79 Å². The second-order valence-electron chi connectivity index (χ2n) is 3.79. The molecular weight excluding hydrogens is 208 g/mol. The van der Waals surface area contributed by atoms with Gasteiger partial charge in [-0.25, -0.2) is 9.97 Å². The summed E-state index contributed by atoms with van der Waals surface area (Å²) in [5.41, 5.74) is 10.9. The van der Waals surface area contributed by atoms with Gasteiger partial charge in [0.15, 0.2) is 0 Å². The molecule has 0 aliphatic carbocycles. The van der Waals surface area contributed by atoms with E-state index >= 15 is 0 Å². The van der Waals surface area contributed by atoms with Crippen LogP contribution in [0, 0.1) is 0 Å². The molecule has 0 spiro atoms. The number of nitrogen functional groups attached to an aromatic ring is 1. The van der Waals surface area contributed by atoms with E-state index in [0.29, 0.717) is 12.2 Å². The number of hydrogen-bond donors (Lipinski definition) is 2. The molecule has 2 rings (SSSR count). The van der Waals surface area contributed by atoms with E-state index in [2.05, 4.69) is 9.97 Å². The Hall–Kier alpha value is -1.69. The Kier molecular flexibility index (Phi) is 3.00. The van der Waals surface area contributed by atoms with Crippen molar-refractivity contribution in [2.75, 3.05) is 12.3 Å². The SMILES string of the molecule is NC(=O)c1cnc(CC2CCCO2)nc1N. The summed E-state index contributed by atoms with van der Waals surface area (Å²) in [7, 11) is 0. The Bertz CT molecular complexity index is 402. The van der Waals surface area contributed by atoms with Crippen LogP contribution in [0.5, 0.6) is 0 Å². The number of nitrogens with two attached hydrogens (primary N) is 2. The monoisotopic (exact) mass is 222 g/mol. The lowest BCUT2D eigenvalue weighted by atomic mass is 10.1. The highest BCUT2D eigenvalue weighted by atomic mass is 16.5. The Morgan fingerprint density at radius 2 is 2.44 bits per heavy atom. The minimum Gasteiger partial charge on any atom is -0.383 e. The fraction of sp³-hybridized carbons (Fsp3) is 0.500. The maximum Gasteiger partial charge on any atom is 0.254 e. The molecule has 1 amide bonds. The topological polar surface area (TPSA) is 104 Å². The van der Waals surface area contributed by atoms with Crippen molar-refractivity contribution >= 4 is 11.7 Å². The Morgan fingerprint density at radius 3 is 3.00 bits per heavy atom. The second-order valence-corrected chi connectivity index (χ2v) is 3.79. The third kappa shape index (κ3) is 2.27. The van der Waals surface area contributed by atoms with Gasteiger partial charge in [0.1, 0.15) is 11.6 Å². The number of nitrogens with zero attached hydrogens (tertiary/aromatic N) is 2. The number of rotatable bonds is 3. The minimum absolute atomic E-state index is 0.135. The zero-order valence-corrected chi connectivity index (χ0v) is 8.85. The molecule has 1 aliphatic heterocycles. The molecule has 0 radical (unpaired) electrons. The van der Waals surface area contributed by atoms with Gasteiger partial charge in [-0.2, -0.15) is 0 Å². The van der Waals surface area contributed by atoms with Crippen molar-refractivity contribution in [3.63, 3.8) is 0 Å². The smallest absolute Gasteiger partial charge is 0.254 e. The van der Waals surface area contributed by atoms with E-state index in [0.717, 1.165) is 19.4 Å². The molecule has 6 nitrogen and oxygen atoms in total. The van der Waals surface area contributed by atoms with Crippen molar-refractivity contribution in [3.8, 4) is 0 Å². The number of carbonyl (C=O) groups is 1. The van der Waals surface area contributed by atoms with Gasteiger partial charge in [0.2, 0.25) is 0 Å². The molecule has 1 aliphatic rings. The molecule has 2 heterocycles. The first-order valence-corrected chi connectivity index (χ1v) is 5.19. The summed E-state index contributed by atoms with van der Waals surface area (Å²) in [5, 5.41) is 0. The van der Waals surface area contributed by atoms with Crippen molar-refractivity contribution < 1.29 is 9.53 Å². The molecule has 1 atom stereocenters. The van der Waals surface area contributed by atoms with Crippen molar-refractivity contribution in [1.29, 1.82) is 0 Å². The highest BCUT2D eigenvalue weighted by Crippen LogP contribution is 2.16. The molecule has 4 N–H and O–H groups in total. The van der Waals surface area contributed by atoms with Crippen LogP contribution in [-0.2, 0) is 11.2 Å². The molecule has 1 aromatic heterocycles. The molecule has 1 saturated heterocycles. The highest BCUT2D eigenvalue weighted by molar-refractivity contribution is 5.96. The van der Waals surface area contributed by atoms with Crippen LogP contribution in [0.4, 0.5) is 5.82 Å². The summed E-state index contributed by atoms with van der Waals surface area (Å²) < 4.78 is 5.46. The minimum atomic E-state index is -0.610. The van der Waals surface area contributed by atoms with Crippen LogP contribution >= 0.6 is 0 Å². The predicted octanol–water partition coefficient (Wildman–Crippen LogP) is -0.121. The van der Waals surface area contributed by atoms with E-state index < -0.39 is 5.91 Å². The molecule has 86 valence electrons. The van der Waals surface area contributed by atoms with E-state index in [1.807, 2.05) is 0 Å². The lowest BCUT2D eigenvalue weighted by Gasteiger charge is -2.08. The fourth-order valence-electron chi connectivity index (χ4n) is 1.73. The normalized spacial score (nSPS) is 19.9. The molecule has 0 saturated carbocycles. The van der Waals surface area contributed by atoms with Gasteiger partial charge in [-0.3, -0.25) is 4.79 Å². The van der Waals surface area contributed by atoms with Crippen LogP contribution in [0.25, 0.3) is 0 Å². The van der Waals surface area contributed by atoms with Crippen LogP contribution in [0.15, 0.2) is 6.20 Å². The third-order valence-electron chi connectivity index (χ3n) is 2.57. The van der Waals surface area contributed by atoms with Gasteiger partial charge in [-0.15, -0.1) is 0 Å². The first kappa shape index (κ1) is 10.8. The van der Waals surface area contributed by atoms with Crippen molar-refractivity contribution in [1.82, 2.24) is 9.97 Å². The standard InChI is InChI=1S/C10H14N4O2/c11-9-7(10(12)15)5-13-8(14-9)4-6-2-1-3-16-6/h5-6H,1-4H2,(H2,12,15)(H2,11,13,14). The third-order valence-corrected chi connectivity index (χ3v) is 2.57. The van der Waals surface area contributed by atoms with Crippen molar-refractivity contribution in [2.45, 2.75) is 25.4 Å². The quantitative estimate of drug-likeness (QED) is 0.741. The highest BCUT2D eigenvalue weighted by Gasteiger charge is 2.18. The molecule has 0 aromatic carbocycles. The van der Waals surface area contributed by atoms with Gasteiger partial charge in [0.05, 0.1) is 11.7 Å². The Morgan fingerprint density at radius 1 is 1.62 bits per heavy atom. The largest absolute Gasteiger partial charge is 0.383 e. The van der Waals surface area contributed by atoms with E-state index in [4.69, 9.17) is 16.2 Å². The summed E-state index contributed by atoms with van der Waals surface area (Å²) >= 11 is 0. The maximum atomic E-state index is 10.9. The molecule has 1 unspecified atom stereocenters. The van der Waals surface area contributed by atoms with Crippen LogP contribution in [0.1, 0.15) is 29.0 Å². The van der Waals surface area contributed by atoms with Gasteiger partial charge < -0.3 is 16.2 Å². The summed E-state index contributed by atoms with van der Waals surface area (Å²) in [6.45, 7) is 0.791. The Balaban J connectivity index is 2.11. The lowest BCUT2D eigenvalue weighted by molar-refractivity contribution is 0.100. The molecule has 6 heteroatoms. The van der Waals surface area contributed by atoms with E-state index in [1.54, 1.807) is 0 Å². The van der Waals surface area contributed by atoms with Crippen LogP contribution in [-0.4, -0.2) is 28.6 Å².